The van der Waals surface area contributed by atoms with Crippen LogP contribution < -0.4 is 9.47 Å². The number of sulfonamides is 1. The lowest BCUT2D eigenvalue weighted by Crippen LogP contribution is -2.50. The van der Waals surface area contributed by atoms with Gasteiger partial charge in [0, 0.05) is 44.4 Å². The lowest BCUT2D eigenvalue weighted by atomic mass is 10.2. The molecule has 1 amide bonds. The SMILES string of the molecule is Cc1cccc(C(=O)N2CCN(S(=O)(=O)c3ccc4c(c3)OCCCO4)CC2)n1. The highest BCUT2D eigenvalue weighted by molar-refractivity contribution is 7.89. The van der Waals surface area contributed by atoms with Gasteiger partial charge in [0.25, 0.3) is 5.91 Å². The Hall–Kier alpha value is -2.65. The highest BCUT2D eigenvalue weighted by Gasteiger charge is 2.31. The number of ether oxygens (including phenoxy) is 2. The number of hydrogen-bond acceptors (Lipinski definition) is 6. The maximum atomic E-state index is 13.1. The van der Waals surface area contributed by atoms with E-state index in [2.05, 4.69) is 4.98 Å². The van der Waals surface area contributed by atoms with E-state index in [0.29, 0.717) is 43.5 Å². The smallest absolute Gasteiger partial charge is 0.272 e. The number of hydrogen-bond donors (Lipinski definition) is 0. The standard InChI is InChI=1S/C20H23N3O5S/c1-15-4-2-5-17(21-15)20(24)22-8-10-23(11-9-22)29(25,26)16-6-7-18-19(14-16)28-13-3-12-27-18/h2,4-7,14H,3,8-13H2,1H3. The van der Waals surface area contributed by atoms with E-state index in [1.165, 1.54) is 16.4 Å². The predicted molar refractivity (Wildman–Crippen MR) is 106 cm³/mol. The lowest BCUT2D eigenvalue weighted by molar-refractivity contribution is 0.0691. The van der Waals surface area contributed by atoms with Gasteiger partial charge in [0.1, 0.15) is 5.69 Å². The minimum atomic E-state index is -3.68. The lowest BCUT2D eigenvalue weighted by Gasteiger charge is -2.34. The van der Waals surface area contributed by atoms with Gasteiger partial charge in [-0.2, -0.15) is 4.31 Å². The predicted octanol–water partition coefficient (Wildman–Crippen LogP) is 1.70. The molecular formula is C20H23N3O5S. The highest BCUT2D eigenvalue weighted by atomic mass is 32.2. The average molecular weight is 417 g/mol. The molecule has 4 rings (SSSR count). The van der Waals surface area contributed by atoms with Gasteiger partial charge in [-0.3, -0.25) is 4.79 Å². The van der Waals surface area contributed by atoms with Gasteiger partial charge in [-0.25, -0.2) is 13.4 Å². The molecule has 2 aromatic rings. The van der Waals surface area contributed by atoms with E-state index >= 15 is 0 Å². The summed E-state index contributed by atoms with van der Waals surface area (Å²) < 4.78 is 38.7. The van der Waals surface area contributed by atoms with Crippen LogP contribution in [0.2, 0.25) is 0 Å². The van der Waals surface area contributed by atoms with Crippen molar-refractivity contribution in [2.75, 3.05) is 39.4 Å². The van der Waals surface area contributed by atoms with E-state index in [4.69, 9.17) is 9.47 Å². The van der Waals surface area contributed by atoms with Gasteiger partial charge in [0.05, 0.1) is 18.1 Å². The van der Waals surface area contributed by atoms with Crippen LogP contribution in [0, 0.1) is 6.92 Å². The molecule has 0 atom stereocenters. The summed E-state index contributed by atoms with van der Waals surface area (Å²) in [6.07, 6.45) is 0.753. The number of carbonyl (C=O) groups excluding carboxylic acids is 1. The third-order valence-corrected chi connectivity index (χ3v) is 6.88. The summed E-state index contributed by atoms with van der Waals surface area (Å²) in [5.74, 6) is 0.826. The van der Waals surface area contributed by atoms with Crippen molar-refractivity contribution in [3.8, 4) is 11.5 Å². The van der Waals surface area contributed by atoms with E-state index in [9.17, 15) is 13.2 Å². The first kappa shape index (κ1) is 19.7. The molecule has 0 unspecified atom stereocenters. The van der Waals surface area contributed by atoms with Crippen LogP contribution in [-0.2, 0) is 10.0 Å². The number of aryl methyl sites for hydroxylation is 1. The van der Waals surface area contributed by atoms with Crippen molar-refractivity contribution in [3.63, 3.8) is 0 Å². The third-order valence-electron chi connectivity index (χ3n) is 4.99. The number of amides is 1. The Morgan fingerprint density at radius 3 is 2.45 bits per heavy atom. The highest BCUT2D eigenvalue weighted by Crippen LogP contribution is 2.33. The summed E-state index contributed by atoms with van der Waals surface area (Å²) in [5, 5.41) is 0. The van der Waals surface area contributed by atoms with Gasteiger partial charge < -0.3 is 14.4 Å². The normalized spacial score (nSPS) is 17.6. The number of piperazine rings is 1. The Morgan fingerprint density at radius 2 is 1.72 bits per heavy atom. The topological polar surface area (TPSA) is 89.0 Å². The Morgan fingerprint density at radius 1 is 1.00 bits per heavy atom. The first-order chi connectivity index (χ1) is 13.9. The minimum Gasteiger partial charge on any atom is -0.490 e. The number of aromatic nitrogens is 1. The van der Waals surface area contributed by atoms with Gasteiger partial charge in [-0.1, -0.05) is 6.07 Å². The molecule has 8 nitrogen and oxygen atoms in total. The van der Waals surface area contributed by atoms with Crippen LogP contribution in [0.15, 0.2) is 41.3 Å². The van der Waals surface area contributed by atoms with Gasteiger partial charge in [0.15, 0.2) is 11.5 Å². The van der Waals surface area contributed by atoms with E-state index < -0.39 is 10.0 Å². The zero-order chi connectivity index (χ0) is 20.4. The molecule has 0 bridgehead atoms. The average Bonchev–Trinajstić information content (AvgIpc) is 2.98. The largest absolute Gasteiger partial charge is 0.490 e. The van der Waals surface area contributed by atoms with Gasteiger partial charge in [0.2, 0.25) is 10.0 Å². The van der Waals surface area contributed by atoms with E-state index in [0.717, 1.165) is 12.1 Å². The number of benzene rings is 1. The molecule has 0 radical (unpaired) electrons. The van der Waals surface area contributed by atoms with Crippen LogP contribution in [-0.4, -0.2) is 67.9 Å². The Kier molecular flexibility index (Phi) is 5.42. The molecule has 1 aromatic carbocycles. The quantitative estimate of drug-likeness (QED) is 0.755. The zero-order valence-corrected chi connectivity index (χ0v) is 17.0. The van der Waals surface area contributed by atoms with Crippen molar-refractivity contribution < 1.29 is 22.7 Å². The van der Waals surface area contributed by atoms with Crippen LogP contribution in [0.5, 0.6) is 11.5 Å². The summed E-state index contributed by atoms with van der Waals surface area (Å²) in [4.78, 5) is 18.7. The second-order valence-corrected chi connectivity index (χ2v) is 8.96. The molecule has 1 aromatic heterocycles. The minimum absolute atomic E-state index is 0.168. The van der Waals surface area contributed by atoms with Crippen molar-refractivity contribution in [2.24, 2.45) is 0 Å². The maximum absolute atomic E-state index is 13.1. The zero-order valence-electron chi connectivity index (χ0n) is 16.2. The fraction of sp³-hybridized carbons (Fsp3) is 0.400. The molecule has 154 valence electrons. The van der Waals surface area contributed by atoms with Crippen molar-refractivity contribution in [1.82, 2.24) is 14.2 Å². The third kappa shape index (κ3) is 4.06. The summed E-state index contributed by atoms with van der Waals surface area (Å²) in [5.41, 5.74) is 1.15. The molecule has 0 aliphatic carbocycles. The van der Waals surface area contributed by atoms with Crippen LogP contribution >= 0.6 is 0 Å². The Bertz CT molecular complexity index is 1020. The summed E-state index contributed by atoms with van der Waals surface area (Å²) in [6, 6.07) is 9.99. The van der Waals surface area contributed by atoms with E-state index in [1.54, 1.807) is 23.1 Å². The van der Waals surface area contributed by atoms with Crippen LogP contribution in [0.1, 0.15) is 22.6 Å². The van der Waals surface area contributed by atoms with Crippen LogP contribution in [0.3, 0.4) is 0 Å². The fourth-order valence-electron chi connectivity index (χ4n) is 3.41. The number of nitrogens with zero attached hydrogens (tertiary/aromatic N) is 3. The summed E-state index contributed by atoms with van der Waals surface area (Å²) >= 11 is 0. The van der Waals surface area contributed by atoms with Gasteiger partial charge in [-0.05, 0) is 31.2 Å². The molecule has 29 heavy (non-hydrogen) atoms. The van der Waals surface area contributed by atoms with E-state index in [-0.39, 0.29) is 23.9 Å². The van der Waals surface area contributed by atoms with Crippen molar-refractivity contribution in [3.05, 3.63) is 47.8 Å². The molecule has 1 fully saturated rings. The van der Waals surface area contributed by atoms with Crippen LogP contribution in [0.4, 0.5) is 0 Å². The molecule has 0 spiro atoms. The van der Waals surface area contributed by atoms with Gasteiger partial charge >= 0.3 is 0 Å². The second-order valence-electron chi connectivity index (χ2n) is 7.02. The molecule has 2 aliphatic rings. The molecule has 0 N–H and O–H groups in total. The summed E-state index contributed by atoms with van der Waals surface area (Å²) in [6.45, 7) is 3.96. The first-order valence-corrected chi connectivity index (χ1v) is 11.0. The molecule has 1 saturated heterocycles. The van der Waals surface area contributed by atoms with Crippen molar-refractivity contribution >= 4 is 15.9 Å². The summed E-state index contributed by atoms with van der Waals surface area (Å²) in [7, 11) is -3.68. The number of carbonyl (C=O) groups is 1. The number of pyridine rings is 1. The molecular weight excluding hydrogens is 394 g/mol. The van der Waals surface area contributed by atoms with Crippen molar-refractivity contribution in [2.45, 2.75) is 18.2 Å². The Labute approximate surface area is 170 Å². The maximum Gasteiger partial charge on any atom is 0.272 e. The second kappa shape index (κ2) is 8.00. The first-order valence-electron chi connectivity index (χ1n) is 9.58. The van der Waals surface area contributed by atoms with E-state index in [1.807, 2.05) is 13.0 Å². The molecule has 0 saturated carbocycles. The molecule has 9 heteroatoms. The Balaban J connectivity index is 1.46. The fourth-order valence-corrected chi connectivity index (χ4v) is 4.85. The van der Waals surface area contributed by atoms with Gasteiger partial charge in [-0.15, -0.1) is 0 Å². The number of fused-ring (bicyclic) bond motifs is 1. The number of rotatable bonds is 3. The van der Waals surface area contributed by atoms with Crippen molar-refractivity contribution in [1.29, 1.82) is 0 Å². The van der Waals surface area contributed by atoms with Crippen LogP contribution in [0.25, 0.3) is 0 Å². The molecule has 3 heterocycles. The monoisotopic (exact) mass is 417 g/mol. The molecule has 2 aliphatic heterocycles.